The lowest BCUT2D eigenvalue weighted by Crippen LogP contribution is -1.98. The molecule has 1 heteroatoms. The van der Waals surface area contributed by atoms with Crippen LogP contribution in [0.15, 0.2) is 24.3 Å². The van der Waals surface area contributed by atoms with E-state index >= 15 is 0 Å². The van der Waals surface area contributed by atoms with Gasteiger partial charge in [0.2, 0.25) is 0 Å². The van der Waals surface area contributed by atoms with Crippen molar-refractivity contribution in [2.24, 2.45) is 0 Å². The zero-order chi connectivity index (χ0) is 12.3. The third-order valence-electron chi connectivity index (χ3n) is 2.12. The summed E-state index contributed by atoms with van der Waals surface area (Å²) < 4.78 is 5.35. The van der Waals surface area contributed by atoms with Crippen molar-refractivity contribution in [1.82, 2.24) is 0 Å². The lowest BCUT2D eigenvalue weighted by Gasteiger charge is -2.01. The smallest absolute Gasteiger partial charge is 0.108 e. The first-order chi connectivity index (χ1) is 8.33. The first-order valence-electron chi connectivity index (χ1n) is 5.39. The summed E-state index contributed by atoms with van der Waals surface area (Å²) in [6.45, 7) is 3.14. The van der Waals surface area contributed by atoms with Gasteiger partial charge in [0.25, 0.3) is 0 Å². The minimum atomic E-state index is 0.394. The van der Waals surface area contributed by atoms with Gasteiger partial charge >= 0.3 is 0 Å². The molecule has 0 saturated heterocycles. The molecule has 0 aromatic heterocycles. The van der Waals surface area contributed by atoms with Gasteiger partial charge in [-0.15, -0.1) is 6.42 Å². The summed E-state index contributed by atoms with van der Waals surface area (Å²) in [5.74, 6) is 12.5. The Morgan fingerprint density at radius 3 is 2.59 bits per heavy atom. The Hall–Kier alpha value is -2.14. The van der Waals surface area contributed by atoms with E-state index in [1.165, 1.54) is 11.1 Å². The van der Waals surface area contributed by atoms with Crippen LogP contribution in [0, 0.1) is 42.9 Å². The highest BCUT2D eigenvalue weighted by atomic mass is 16.5. The topological polar surface area (TPSA) is 9.23 Å². The van der Waals surface area contributed by atoms with Gasteiger partial charge in [0.15, 0.2) is 0 Å². The molecule has 0 unspecified atom stereocenters. The molecule has 0 atom stereocenters. The van der Waals surface area contributed by atoms with E-state index in [9.17, 15) is 0 Å². The quantitative estimate of drug-likeness (QED) is 0.560. The second-order valence-corrected chi connectivity index (χ2v) is 3.48. The minimum Gasteiger partial charge on any atom is -0.368 e. The molecule has 0 aliphatic carbocycles. The zero-order valence-corrected chi connectivity index (χ0v) is 9.92. The minimum absolute atomic E-state index is 0.394. The molecule has 0 spiro atoms. The van der Waals surface area contributed by atoms with Gasteiger partial charge in [-0.25, -0.2) is 0 Å². The number of ether oxygens (including phenoxy) is 1. The van der Waals surface area contributed by atoms with Gasteiger partial charge in [0.05, 0.1) is 6.61 Å². The lowest BCUT2D eigenvalue weighted by atomic mass is 10.1. The summed E-state index contributed by atoms with van der Waals surface area (Å²) in [6, 6.07) is 8.43. The van der Waals surface area contributed by atoms with Crippen molar-refractivity contribution in [3.05, 3.63) is 35.4 Å². The Labute approximate surface area is 103 Å². The largest absolute Gasteiger partial charge is 0.368 e. The van der Waals surface area contributed by atoms with Crippen LogP contribution in [0.3, 0.4) is 0 Å². The van der Waals surface area contributed by atoms with Crippen LogP contribution in [0.1, 0.15) is 11.1 Å². The molecule has 17 heavy (non-hydrogen) atoms. The first kappa shape index (κ1) is 12.9. The normalized spacial score (nSPS) is 8.24. The summed E-state index contributed by atoms with van der Waals surface area (Å²) in [5, 5.41) is 0. The summed E-state index contributed by atoms with van der Waals surface area (Å²) in [6.07, 6.45) is 5.84. The van der Waals surface area contributed by atoms with Crippen LogP contribution in [0.4, 0.5) is 0 Å². The van der Waals surface area contributed by atoms with Crippen molar-refractivity contribution in [3.8, 4) is 36.0 Å². The highest BCUT2D eigenvalue weighted by Crippen LogP contribution is 2.03. The number of benzene rings is 1. The van der Waals surface area contributed by atoms with E-state index in [1.54, 1.807) is 0 Å². The Kier molecular flexibility index (Phi) is 6.13. The lowest BCUT2D eigenvalue weighted by molar-refractivity contribution is 0.170. The van der Waals surface area contributed by atoms with Crippen LogP contribution in [0.5, 0.6) is 0 Å². The Morgan fingerprint density at radius 2 is 1.88 bits per heavy atom. The average molecular weight is 222 g/mol. The third-order valence-corrected chi connectivity index (χ3v) is 2.12. The fourth-order valence-corrected chi connectivity index (χ4v) is 1.22. The zero-order valence-electron chi connectivity index (χ0n) is 9.92. The molecule has 1 rings (SSSR count). The van der Waals surface area contributed by atoms with Crippen LogP contribution < -0.4 is 0 Å². The number of hydrogen-bond acceptors (Lipinski definition) is 1. The molecular formula is C16H14O. The summed E-state index contributed by atoms with van der Waals surface area (Å²) in [5.41, 5.74) is 2.54. The van der Waals surface area contributed by atoms with Gasteiger partial charge < -0.3 is 4.74 Å². The Bertz CT molecular complexity index is 495. The molecule has 0 aliphatic heterocycles. The van der Waals surface area contributed by atoms with E-state index in [2.05, 4.69) is 60.8 Å². The van der Waals surface area contributed by atoms with Crippen molar-refractivity contribution < 1.29 is 4.74 Å². The van der Waals surface area contributed by atoms with E-state index < -0.39 is 0 Å². The maximum atomic E-state index is 5.35. The van der Waals surface area contributed by atoms with E-state index in [0.717, 1.165) is 6.42 Å². The summed E-state index contributed by atoms with van der Waals surface area (Å²) >= 11 is 0. The molecule has 0 fully saturated rings. The average Bonchev–Trinajstić information content (AvgIpc) is 2.35. The molecule has 0 saturated carbocycles. The van der Waals surface area contributed by atoms with Crippen LogP contribution in [0.2, 0.25) is 0 Å². The summed E-state index contributed by atoms with van der Waals surface area (Å²) in [4.78, 5) is 0. The third kappa shape index (κ3) is 6.11. The van der Waals surface area contributed by atoms with Crippen LogP contribution in [-0.4, -0.2) is 13.2 Å². The van der Waals surface area contributed by atoms with Crippen molar-refractivity contribution in [3.63, 3.8) is 0 Å². The predicted octanol–water partition coefficient (Wildman–Crippen LogP) is 2.19. The Balaban J connectivity index is 2.18. The molecule has 84 valence electrons. The van der Waals surface area contributed by atoms with Crippen LogP contribution >= 0.6 is 0 Å². The number of aryl methyl sites for hydroxylation is 1. The van der Waals surface area contributed by atoms with Gasteiger partial charge in [0, 0.05) is 0 Å². The molecular weight excluding hydrogens is 208 g/mol. The molecule has 1 nitrogen and oxygen atoms in total. The fraction of sp³-hybridized carbons (Fsp3) is 0.250. The molecule has 1 aromatic rings. The van der Waals surface area contributed by atoms with E-state index in [0.29, 0.717) is 13.2 Å². The van der Waals surface area contributed by atoms with Gasteiger partial charge in [0.1, 0.15) is 6.61 Å². The molecule has 1 aromatic carbocycles. The SMILES string of the molecule is C#CC#CC#CCOCCc1ccc(C)cc1. The van der Waals surface area contributed by atoms with Crippen molar-refractivity contribution in [2.45, 2.75) is 13.3 Å². The monoisotopic (exact) mass is 222 g/mol. The summed E-state index contributed by atoms with van der Waals surface area (Å²) in [7, 11) is 0. The highest BCUT2D eigenvalue weighted by Gasteiger charge is 1.92. The fourth-order valence-electron chi connectivity index (χ4n) is 1.22. The number of rotatable bonds is 4. The number of terminal acetylenes is 1. The van der Waals surface area contributed by atoms with Crippen LogP contribution in [-0.2, 0) is 11.2 Å². The standard InChI is InChI=1S/C16H14O/c1-3-4-5-6-7-13-17-14-12-16-10-8-15(2)9-11-16/h1,8-11H,12-14H2,2H3. The predicted molar refractivity (Wildman–Crippen MR) is 70.1 cm³/mol. The second-order valence-electron chi connectivity index (χ2n) is 3.48. The molecule has 0 amide bonds. The van der Waals surface area contributed by atoms with Crippen molar-refractivity contribution in [1.29, 1.82) is 0 Å². The van der Waals surface area contributed by atoms with Crippen molar-refractivity contribution in [2.75, 3.05) is 13.2 Å². The maximum absolute atomic E-state index is 5.35. The van der Waals surface area contributed by atoms with E-state index in [-0.39, 0.29) is 0 Å². The van der Waals surface area contributed by atoms with Crippen molar-refractivity contribution >= 4 is 0 Å². The van der Waals surface area contributed by atoms with E-state index in [4.69, 9.17) is 11.2 Å². The number of hydrogen-bond donors (Lipinski definition) is 0. The van der Waals surface area contributed by atoms with Gasteiger partial charge in [-0.2, -0.15) is 0 Å². The van der Waals surface area contributed by atoms with Gasteiger partial charge in [-0.1, -0.05) is 35.7 Å². The molecule has 0 heterocycles. The first-order valence-corrected chi connectivity index (χ1v) is 5.39. The van der Waals surface area contributed by atoms with Gasteiger partial charge in [-0.05, 0) is 42.6 Å². The maximum Gasteiger partial charge on any atom is 0.108 e. The van der Waals surface area contributed by atoms with E-state index in [1.807, 2.05) is 0 Å². The molecule has 0 N–H and O–H groups in total. The highest BCUT2D eigenvalue weighted by molar-refractivity contribution is 5.33. The van der Waals surface area contributed by atoms with Gasteiger partial charge in [-0.3, -0.25) is 0 Å². The molecule has 0 bridgehead atoms. The van der Waals surface area contributed by atoms with Crippen LogP contribution in [0.25, 0.3) is 0 Å². The Morgan fingerprint density at radius 1 is 1.12 bits per heavy atom. The molecule has 0 aliphatic rings. The second kappa shape index (κ2) is 8.06. The molecule has 0 radical (unpaired) electrons.